The van der Waals surface area contributed by atoms with Gasteiger partial charge >= 0.3 is 0 Å². The van der Waals surface area contributed by atoms with Crippen molar-refractivity contribution in [2.24, 2.45) is 5.73 Å². The van der Waals surface area contributed by atoms with E-state index in [-0.39, 0.29) is 31.0 Å². The van der Waals surface area contributed by atoms with Crippen LogP contribution in [0, 0.1) is 0 Å². The zero-order valence-corrected chi connectivity index (χ0v) is 12.7. The molecule has 0 bridgehead atoms. The SMILES string of the molecule is Cl.NCC1CCCCN1C(=O)C1COc2ccccc2O1. The zero-order chi connectivity index (χ0) is 13.9. The Bertz CT molecular complexity index is 498. The minimum atomic E-state index is -0.558. The van der Waals surface area contributed by atoms with Gasteiger partial charge in [0.1, 0.15) is 6.61 Å². The number of nitrogens with two attached hydrogens (primary N) is 1. The zero-order valence-electron chi connectivity index (χ0n) is 11.9. The van der Waals surface area contributed by atoms with Gasteiger partial charge < -0.3 is 20.1 Å². The molecule has 3 rings (SSSR count). The van der Waals surface area contributed by atoms with Gasteiger partial charge in [-0.3, -0.25) is 4.79 Å². The van der Waals surface area contributed by atoms with Crippen molar-refractivity contribution in [2.45, 2.75) is 31.4 Å². The molecule has 2 N–H and O–H groups in total. The van der Waals surface area contributed by atoms with Gasteiger partial charge in [-0.05, 0) is 31.4 Å². The number of hydrogen-bond donors (Lipinski definition) is 1. The summed E-state index contributed by atoms with van der Waals surface area (Å²) in [4.78, 5) is 14.5. The van der Waals surface area contributed by atoms with Crippen molar-refractivity contribution in [3.8, 4) is 11.5 Å². The standard InChI is InChI=1S/C15H20N2O3.ClH/c16-9-11-5-3-4-8-17(11)15(18)14-10-19-12-6-1-2-7-13(12)20-14;/h1-2,6-7,11,14H,3-5,8-10,16H2;1H. The molecule has 1 aromatic carbocycles. The molecular formula is C15H21ClN2O3. The van der Waals surface area contributed by atoms with Crippen LogP contribution in [0.15, 0.2) is 24.3 Å². The van der Waals surface area contributed by atoms with Crippen LogP contribution in [0.4, 0.5) is 0 Å². The summed E-state index contributed by atoms with van der Waals surface area (Å²) in [6, 6.07) is 7.57. The van der Waals surface area contributed by atoms with E-state index in [0.29, 0.717) is 18.0 Å². The maximum Gasteiger partial charge on any atom is 0.267 e. The van der Waals surface area contributed by atoms with Gasteiger partial charge in [-0.25, -0.2) is 0 Å². The number of benzene rings is 1. The summed E-state index contributed by atoms with van der Waals surface area (Å²) in [5.74, 6) is 1.33. The molecule has 5 nitrogen and oxygen atoms in total. The van der Waals surface area contributed by atoms with Crippen LogP contribution in [0.2, 0.25) is 0 Å². The van der Waals surface area contributed by atoms with E-state index in [2.05, 4.69) is 0 Å². The van der Waals surface area contributed by atoms with E-state index in [9.17, 15) is 4.79 Å². The molecule has 2 atom stereocenters. The summed E-state index contributed by atoms with van der Waals surface area (Å²) in [5, 5.41) is 0. The summed E-state index contributed by atoms with van der Waals surface area (Å²) in [6.45, 7) is 1.54. The van der Waals surface area contributed by atoms with Crippen molar-refractivity contribution in [1.82, 2.24) is 4.90 Å². The number of halogens is 1. The van der Waals surface area contributed by atoms with E-state index < -0.39 is 6.10 Å². The van der Waals surface area contributed by atoms with Crippen molar-refractivity contribution < 1.29 is 14.3 Å². The Labute approximate surface area is 130 Å². The number of hydrogen-bond acceptors (Lipinski definition) is 4. The Balaban J connectivity index is 0.00000161. The van der Waals surface area contributed by atoms with Crippen molar-refractivity contribution in [3.05, 3.63) is 24.3 Å². The molecular weight excluding hydrogens is 292 g/mol. The summed E-state index contributed by atoms with van der Waals surface area (Å²) < 4.78 is 11.4. The van der Waals surface area contributed by atoms with Crippen molar-refractivity contribution in [3.63, 3.8) is 0 Å². The summed E-state index contributed by atoms with van der Waals surface area (Å²) >= 11 is 0. The molecule has 1 aromatic rings. The van der Waals surface area contributed by atoms with Gasteiger partial charge in [0.15, 0.2) is 11.5 Å². The van der Waals surface area contributed by atoms with Crippen LogP contribution in [-0.2, 0) is 4.79 Å². The van der Waals surface area contributed by atoms with Gasteiger partial charge in [-0.1, -0.05) is 12.1 Å². The van der Waals surface area contributed by atoms with E-state index in [4.69, 9.17) is 15.2 Å². The molecule has 1 saturated heterocycles. The van der Waals surface area contributed by atoms with E-state index in [0.717, 1.165) is 25.8 Å². The Kier molecular flexibility index (Phi) is 5.31. The van der Waals surface area contributed by atoms with Crippen LogP contribution in [0.1, 0.15) is 19.3 Å². The highest BCUT2D eigenvalue weighted by molar-refractivity contribution is 5.85. The highest BCUT2D eigenvalue weighted by Gasteiger charge is 2.34. The number of para-hydroxylation sites is 2. The number of amides is 1. The smallest absolute Gasteiger partial charge is 0.267 e. The second-order valence-corrected chi connectivity index (χ2v) is 5.28. The van der Waals surface area contributed by atoms with Crippen LogP contribution in [0.5, 0.6) is 11.5 Å². The van der Waals surface area contributed by atoms with Crippen molar-refractivity contribution in [1.29, 1.82) is 0 Å². The fourth-order valence-corrected chi connectivity index (χ4v) is 2.86. The number of ether oxygens (including phenoxy) is 2. The Morgan fingerprint density at radius 3 is 2.81 bits per heavy atom. The quantitative estimate of drug-likeness (QED) is 0.900. The summed E-state index contributed by atoms with van der Waals surface area (Å²) in [7, 11) is 0. The molecule has 0 aliphatic carbocycles. The van der Waals surface area contributed by atoms with Crippen LogP contribution >= 0.6 is 12.4 Å². The lowest BCUT2D eigenvalue weighted by atomic mass is 10.0. The molecule has 2 aliphatic heterocycles. The van der Waals surface area contributed by atoms with Crippen molar-refractivity contribution >= 4 is 18.3 Å². The van der Waals surface area contributed by atoms with Gasteiger partial charge in [0.05, 0.1) is 0 Å². The maximum absolute atomic E-state index is 12.6. The third kappa shape index (κ3) is 3.24. The van der Waals surface area contributed by atoms with Crippen LogP contribution in [0.25, 0.3) is 0 Å². The Morgan fingerprint density at radius 1 is 1.29 bits per heavy atom. The molecule has 116 valence electrons. The first-order chi connectivity index (χ1) is 9.79. The maximum atomic E-state index is 12.6. The van der Waals surface area contributed by atoms with Crippen LogP contribution in [0.3, 0.4) is 0 Å². The first-order valence-electron chi connectivity index (χ1n) is 7.18. The van der Waals surface area contributed by atoms with E-state index in [1.54, 1.807) is 0 Å². The van der Waals surface area contributed by atoms with Gasteiger partial charge in [-0.15, -0.1) is 12.4 Å². The topological polar surface area (TPSA) is 64.8 Å². The summed E-state index contributed by atoms with van der Waals surface area (Å²) in [5.41, 5.74) is 5.77. The number of rotatable bonds is 2. The Morgan fingerprint density at radius 2 is 2.05 bits per heavy atom. The van der Waals surface area contributed by atoms with Gasteiger partial charge in [0.25, 0.3) is 5.91 Å². The second kappa shape index (κ2) is 7.00. The molecule has 0 radical (unpaired) electrons. The second-order valence-electron chi connectivity index (χ2n) is 5.28. The molecule has 0 saturated carbocycles. The number of piperidine rings is 1. The lowest BCUT2D eigenvalue weighted by Gasteiger charge is -2.38. The number of carbonyl (C=O) groups is 1. The Hall–Kier alpha value is -1.46. The van der Waals surface area contributed by atoms with E-state index in [1.165, 1.54) is 0 Å². The third-order valence-corrected chi connectivity index (χ3v) is 3.97. The average Bonchev–Trinajstić information content (AvgIpc) is 2.53. The number of carbonyl (C=O) groups excluding carboxylic acids is 1. The molecule has 1 fully saturated rings. The third-order valence-electron chi connectivity index (χ3n) is 3.97. The highest BCUT2D eigenvalue weighted by Crippen LogP contribution is 2.31. The molecule has 2 unspecified atom stereocenters. The number of nitrogens with zero attached hydrogens (tertiary/aromatic N) is 1. The monoisotopic (exact) mass is 312 g/mol. The predicted molar refractivity (Wildman–Crippen MR) is 82.0 cm³/mol. The fraction of sp³-hybridized carbons (Fsp3) is 0.533. The van der Waals surface area contributed by atoms with E-state index >= 15 is 0 Å². The minimum absolute atomic E-state index is 0. The summed E-state index contributed by atoms with van der Waals surface area (Å²) in [6.07, 6.45) is 2.59. The molecule has 0 spiro atoms. The number of likely N-dealkylation sites (tertiary alicyclic amines) is 1. The first kappa shape index (κ1) is 15.9. The first-order valence-corrected chi connectivity index (χ1v) is 7.18. The lowest BCUT2D eigenvalue weighted by Crippen LogP contribution is -2.54. The molecule has 1 amide bonds. The van der Waals surface area contributed by atoms with Gasteiger partial charge in [0.2, 0.25) is 6.10 Å². The minimum Gasteiger partial charge on any atom is -0.485 e. The van der Waals surface area contributed by atoms with Crippen LogP contribution < -0.4 is 15.2 Å². The molecule has 0 aromatic heterocycles. The number of fused-ring (bicyclic) bond motifs is 1. The van der Waals surface area contributed by atoms with Gasteiger partial charge in [-0.2, -0.15) is 0 Å². The lowest BCUT2D eigenvalue weighted by molar-refractivity contribution is -0.144. The van der Waals surface area contributed by atoms with Crippen LogP contribution in [-0.4, -0.2) is 42.6 Å². The fourth-order valence-electron chi connectivity index (χ4n) is 2.86. The largest absolute Gasteiger partial charge is 0.485 e. The predicted octanol–water partition coefficient (Wildman–Crippen LogP) is 1.59. The van der Waals surface area contributed by atoms with E-state index in [1.807, 2.05) is 29.2 Å². The average molecular weight is 313 g/mol. The molecule has 6 heteroatoms. The van der Waals surface area contributed by atoms with Crippen molar-refractivity contribution in [2.75, 3.05) is 19.7 Å². The highest BCUT2D eigenvalue weighted by atomic mass is 35.5. The van der Waals surface area contributed by atoms with Gasteiger partial charge in [0, 0.05) is 19.1 Å². The normalized spacial score (nSPS) is 24.1. The molecule has 2 heterocycles. The molecule has 21 heavy (non-hydrogen) atoms. The molecule has 2 aliphatic rings.